The monoisotopic (exact) mass is 406 g/mol. The Hall–Kier alpha value is -2.87. The zero-order chi connectivity index (χ0) is 18.4. The number of nitrogens with zero attached hydrogens (tertiary/aromatic N) is 1. The van der Waals surface area contributed by atoms with E-state index in [-0.39, 0.29) is 17.1 Å². The number of carbonyl (C=O) groups excluding carboxylic acids is 1. The average Bonchev–Trinajstić information content (AvgIpc) is 2.57. The summed E-state index contributed by atoms with van der Waals surface area (Å²) in [4.78, 5) is 22.2. The Labute approximate surface area is 152 Å². The molecule has 7 nitrogen and oxygen atoms in total. The van der Waals surface area contributed by atoms with Gasteiger partial charge in [0.1, 0.15) is 11.5 Å². The largest absolute Gasteiger partial charge is 0.506 e. The minimum absolute atomic E-state index is 0.0388. The molecule has 0 unspecified atom stereocenters. The van der Waals surface area contributed by atoms with E-state index in [1.165, 1.54) is 6.08 Å². The molecule has 0 aromatic heterocycles. The lowest BCUT2D eigenvalue weighted by atomic mass is 10.2. The number of nitro groups is 1. The third-order valence-electron chi connectivity index (χ3n) is 3.13. The highest BCUT2D eigenvalue weighted by Crippen LogP contribution is 2.28. The van der Waals surface area contributed by atoms with E-state index in [4.69, 9.17) is 4.74 Å². The molecule has 1 amide bonds. The van der Waals surface area contributed by atoms with E-state index >= 15 is 0 Å². The molecule has 0 bridgehead atoms. The van der Waals surface area contributed by atoms with Gasteiger partial charge in [-0.25, -0.2) is 0 Å². The van der Waals surface area contributed by atoms with Crippen molar-refractivity contribution in [3.63, 3.8) is 0 Å². The van der Waals surface area contributed by atoms with E-state index in [9.17, 15) is 20.0 Å². The summed E-state index contributed by atoms with van der Waals surface area (Å²) in [5, 5.41) is 22.9. The van der Waals surface area contributed by atoms with Gasteiger partial charge in [-0.3, -0.25) is 14.9 Å². The minimum Gasteiger partial charge on any atom is -0.506 e. The Morgan fingerprint density at radius 2 is 2.12 bits per heavy atom. The van der Waals surface area contributed by atoms with Gasteiger partial charge in [0.2, 0.25) is 5.91 Å². The van der Waals surface area contributed by atoms with Crippen molar-refractivity contribution in [2.75, 3.05) is 11.9 Å². The predicted molar refractivity (Wildman–Crippen MR) is 97.7 cm³/mol. The summed E-state index contributed by atoms with van der Waals surface area (Å²) in [6, 6.07) is 8.78. The number of rotatable bonds is 6. The van der Waals surface area contributed by atoms with Gasteiger partial charge in [0.25, 0.3) is 5.69 Å². The van der Waals surface area contributed by atoms with Crippen molar-refractivity contribution in [3.05, 3.63) is 62.6 Å². The molecule has 0 aliphatic rings. The standard InChI is InChI=1S/C17H15BrN2O5/c1-2-25-16-7-4-12(18)9-11(16)3-8-17(22)19-14-10-13(20(23)24)5-6-15(14)21/h3-10,21H,2H2,1H3,(H,19,22)/b8-3+. The fraction of sp³-hybridized carbons (Fsp3) is 0.118. The van der Waals surface area contributed by atoms with Gasteiger partial charge >= 0.3 is 0 Å². The van der Waals surface area contributed by atoms with Crippen LogP contribution in [0.5, 0.6) is 11.5 Å². The SMILES string of the molecule is CCOc1ccc(Br)cc1/C=C/C(=O)Nc1cc([N+](=O)[O-])ccc1O. The molecular weight excluding hydrogens is 392 g/mol. The van der Waals surface area contributed by atoms with Crippen LogP contribution in [0.15, 0.2) is 46.9 Å². The summed E-state index contributed by atoms with van der Waals surface area (Å²) in [6.45, 7) is 2.34. The highest BCUT2D eigenvalue weighted by molar-refractivity contribution is 9.10. The molecule has 0 aliphatic carbocycles. The molecule has 8 heteroatoms. The number of hydrogen-bond donors (Lipinski definition) is 2. The van der Waals surface area contributed by atoms with Gasteiger partial charge in [-0.15, -0.1) is 0 Å². The molecule has 2 N–H and O–H groups in total. The highest BCUT2D eigenvalue weighted by atomic mass is 79.9. The van der Waals surface area contributed by atoms with E-state index in [1.54, 1.807) is 18.2 Å². The summed E-state index contributed by atoms with van der Waals surface area (Å²) >= 11 is 3.35. The number of amides is 1. The lowest BCUT2D eigenvalue weighted by Gasteiger charge is -2.08. The van der Waals surface area contributed by atoms with Gasteiger partial charge in [0.15, 0.2) is 0 Å². The minimum atomic E-state index is -0.610. The van der Waals surface area contributed by atoms with Crippen LogP contribution in [0.3, 0.4) is 0 Å². The van der Waals surface area contributed by atoms with E-state index in [0.717, 1.165) is 22.7 Å². The Kier molecular flexibility index (Phi) is 6.13. The number of non-ortho nitro benzene ring substituents is 1. The van der Waals surface area contributed by atoms with E-state index in [0.29, 0.717) is 17.9 Å². The maximum Gasteiger partial charge on any atom is 0.271 e. The van der Waals surface area contributed by atoms with Crippen LogP contribution in [-0.4, -0.2) is 22.5 Å². The molecule has 0 spiro atoms. The average molecular weight is 407 g/mol. The molecule has 130 valence electrons. The summed E-state index contributed by atoms with van der Waals surface area (Å²) in [5.41, 5.74) is 0.417. The zero-order valence-electron chi connectivity index (χ0n) is 13.2. The normalized spacial score (nSPS) is 10.6. The Bertz CT molecular complexity index is 836. The molecular formula is C17H15BrN2O5. The molecule has 0 saturated heterocycles. The molecule has 0 fully saturated rings. The van der Waals surface area contributed by atoms with Gasteiger partial charge in [-0.2, -0.15) is 0 Å². The molecule has 0 saturated carbocycles. The number of halogens is 1. The molecule has 0 heterocycles. The van der Waals surface area contributed by atoms with Crippen LogP contribution in [-0.2, 0) is 4.79 Å². The van der Waals surface area contributed by atoms with Crippen molar-refractivity contribution in [1.82, 2.24) is 0 Å². The van der Waals surface area contributed by atoms with Crippen LogP contribution in [0.1, 0.15) is 12.5 Å². The number of ether oxygens (including phenoxy) is 1. The van der Waals surface area contributed by atoms with E-state index in [2.05, 4.69) is 21.2 Å². The van der Waals surface area contributed by atoms with Crippen LogP contribution in [0.4, 0.5) is 11.4 Å². The number of hydrogen-bond acceptors (Lipinski definition) is 5. The first-order chi connectivity index (χ1) is 11.9. The van der Waals surface area contributed by atoms with Crippen LogP contribution in [0.2, 0.25) is 0 Å². The lowest BCUT2D eigenvalue weighted by Crippen LogP contribution is -2.08. The summed E-state index contributed by atoms with van der Waals surface area (Å²) in [7, 11) is 0. The van der Waals surface area contributed by atoms with Crippen molar-refractivity contribution < 1.29 is 19.6 Å². The molecule has 25 heavy (non-hydrogen) atoms. The first-order valence-electron chi connectivity index (χ1n) is 7.29. The van der Waals surface area contributed by atoms with Crippen molar-refractivity contribution in [1.29, 1.82) is 0 Å². The third-order valence-corrected chi connectivity index (χ3v) is 3.63. The predicted octanol–water partition coefficient (Wildman–Crippen LogP) is 4.11. The second kappa shape index (κ2) is 8.29. The van der Waals surface area contributed by atoms with Gasteiger partial charge in [-0.05, 0) is 37.3 Å². The molecule has 2 aromatic carbocycles. The first-order valence-corrected chi connectivity index (χ1v) is 8.09. The smallest absolute Gasteiger partial charge is 0.271 e. The first kappa shape index (κ1) is 18.5. The van der Waals surface area contributed by atoms with Crippen molar-refractivity contribution in [2.45, 2.75) is 6.92 Å². The van der Waals surface area contributed by atoms with Crippen molar-refractivity contribution in [2.24, 2.45) is 0 Å². The molecule has 0 radical (unpaired) electrons. The van der Waals surface area contributed by atoms with Gasteiger partial charge in [0, 0.05) is 28.2 Å². The van der Waals surface area contributed by atoms with Gasteiger partial charge in [0.05, 0.1) is 17.2 Å². The van der Waals surface area contributed by atoms with Gasteiger partial charge < -0.3 is 15.2 Å². The second-order valence-corrected chi connectivity index (χ2v) is 5.81. The number of phenolic OH excluding ortho intramolecular Hbond substituents is 1. The topological polar surface area (TPSA) is 102 Å². The lowest BCUT2D eigenvalue weighted by molar-refractivity contribution is -0.384. The van der Waals surface area contributed by atoms with Crippen molar-refractivity contribution in [3.8, 4) is 11.5 Å². The number of nitrogens with one attached hydrogen (secondary N) is 1. The number of phenols is 1. The fourth-order valence-corrected chi connectivity index (χ4v) is 2.39. The summed E-state index contributed by atoms with van der Waals surface area (Å²) in [6.07, 6.45) is 2.81. The molecule has 0 atom stereocenters. The van der Waals surface area contributed by atoms with Crippen molar-refractivity contribution >= 4 is 39.3 Å². The maximum absolute atomic E-state index is 12.0. The van der Waals surface area contributed by atoms with Gasteiger partial charge in [-0.1, -0.05) is 15.9 Å². The van der Waals surface area contributed by atoms with Crippen LogP contribution >= 0.6 is 15.9 Å². The molecule has 2 aromatic rings. The Morgan fingerprint density at radius 1 is 1.36 bits per heavy atom. The summed E-state index contributed by atoms with van der Waals surface area (Å²) in [5.74, 6) is -0.184. The van der Waals surface area contributed by atoms with E-state index in [1.807, 2.05) is 13.0 Å². The quantitative estimate of drug-likeness (QED) is 0.325. The third kappa shape index (κ3) is 5.05. The Balaban J connectivity index is 2.18. The number of benzene rings is 2. The number of aromatic hydroxyl groups is 1. The second-order valence-electron chi connectivity index (χ2n) is 4.90. The highest BCUT2D eigenvalue weighted by Gasteiger charge is 2.11. The van der Waals surface area contributed by atoms with E-state index < -0.39 is 10.8 Å². The van der Waals surface area contributed by atoms with Crippen LogP contribution in [0.25, 0.3) is 6.08 Å². The number of carbonyl (C=O) groups is 1. The Morgan fingerprint density at radius 3 is 2.80 bits per heavy atom. The number of nitro benzene ring substituents is 1. The number of anilines is 1. The maximum atomic E-state index is 12.0. The van der Waals surface area contributed by atoms with Crippen LogP contribution < -0.4 is 10.1 Å². The fourth-order valence-electron chi connectivity index (χ4n) is 2.01. The van der Waals surface area contributed by atoms with Crippen LogP contribution in [0, 0.1) is 10.1 Å². The molecule has 0 aliphatic heterocycles. The summed E-state index contributed by atoms with van der Waals surface area (Å²) < 4.78 is 6.31. The zero-order valence-corrected chi connectivity index (χ0v) is 14.8. The molecule has 2 rings (SSSR count).